The van der Waals surface area contributed by atoms with Gasteiger partial charge in [-0.15, -0.1) is 11.3 Å². The summed E-state index contributed by atoms with van der Waals surface area (Å²) in [7, 11) is 1.53. The van der Waals surface area contributed by atoms with Gasteiger partial charge >= 0.3 is 0 Å². The minimum absolute atomic E-state index is 0.230. The zero-order valence-electron chi connectivity index (χ0n) is 17.2. The molecular formula is C22H22FN5O2S. The molecule has 0 radical (unpaired) electrons. The molecule has 1 aromatic carbocycles. The third kappa shape index (κ3) is 3.10. The van der Waals surface area contributed by atoms with Crippen molar-refractivity contribution in [3.05, 3.63) is 46.3 Å². The first-order valence-corrected chi connectivity index (χ1v) is 11.3. The summed E-state index contributed by atoms with van der Waals surface area (Å²) in [6.07, 6.45) is 4.44. The zero-order chi connectivity index (χ0) is 21.1. The van der Waals surface area contributed by atoms with Crippen molar-refractivity contribution >= 4 is 22.2 Å². The summed E-state index contributed by atoms with van der Waals surface area (Å²) in [6, 6.07) is 4.97. The van der Waals surface area contributed by atoms with Gasteiger partial charge in [-0.2, -0.15) is 5.10 Å². The van der Waals surface area contributed by atoms with E-state index in [9.17, 15) is 9.18 Å². The summed E-state index contributed by atoms with van der Waals surface area (Å²) >= 11 is 1.70. The number of fused-ring (bicyclic) bond motifs is 5. The normalized spacial score (nSPS) is 17.2. The number of hydrogen-bond acceptors (Lipinski definition) is 6. The van der Waals surface area contributed by atoms with Crippen molar-refractivity contribution in [3.8, 4) is 17.1 Å². The molecule has 4 heterocycles. The molecule has 1 fully saturated rings. The Bertz CT molecular complexity index is 1180. The van der Waals surface area contributed by atoms with Crippen LogP contribution in [0, 0.1) is 11.7 Å². The van der Waals surface area contributed by atoms with Crippen LogP contribution in [-0.4, -0.2) is 39.2 Å². The predicted molar refractivity (Wildman–Crippen MR) is 114 cm³/mol. The van der Waals surface area contributed by atoms with Gasteiger partial charge in [0.15, 0.2) is 5.82 Å². The van der Waals surface area contributed by atoms with Crippen molar-refractivity contribution in [2.45, 2.75) is 39.0 Å². The summed E-state index contributed by atoms with van der Waals surface area (Å²) < 4.78 is 21.7. The van der Waals surface area contributed by atoms with Gasteiger partial charge in [-0.3, -0.25) is 4.79 Å². The third-order valence-electron chi connectivity index (χ3n) is 6.33. The number of aromatic nitrogens is 3. The summed E-state index contributed by atoms with van der Waals surface area (Å²) in [5.41, 5.74) is 2.96. The van der Waals surface area contributed by atoms with Gasteiger partial charge in [0.2, 0.25) is 5.91 Å². The van der Waals surface area contributed by atoms with Crippen LogP contribution in [0.25, 0.3) is 11.4 Å². The second-order valence-corrected chi connectivity index (χ2v) is 9.43. The van der Waals surface area contributed by atoms with Crippen LogP contribution in [0.2, 0.25) is 0 Å². The van der Waals surface area contributed by atoms with Crippen molar-refractivity contribution in [1.82, 2.24) is 19.7 Å². The SMILES string of the molecule is COc1ccc(CN2Cn3ncnc3-c3c2sc2c3CCN(C(=O)C3CC3)C2)c(F)c1. The van der Waals surface area contributed by atoms with E-state index < -0.39 is 0 Å². The molecule has 31 heavy (non-hydrogen) atoms. The van der Waals surface area contributed by atoms with Gasteiger partial charge in [0.1, 0.15) is 29.6 Å². The molecule has 6 rings (SSSR count). The maximum atomic E-state index is 14.7. The van der Waals surface area contributed by atoms with Gasteiger partial charge in [-0.1, -0.05) is 6.07 Å². The summed E-state index contributed by atoms with van der Waals surface area (Å²) in [5.74, 6) is 1.60. The predicted octanol–water partition coefficient (Wildman–Crippen LogP) is 3.43. The van der Waals surface area contributed by atoms with E-state index >= 15 is 0 Å². The lowest BCUT2D eigenvalue weighted by Crippen LogP contribution is -2.36. The second kappa shape index (κ2) is 7.05. The Labute approximate surface area is 183 Å². The van der Waals surface area contributed by atoms with Crippen molar-refractivity contribution in [2.75, 3.05) is 18.6 Å². The summed E-state index contributed by atoms with van der Waals surface area (Å²) in [5, 5.41) is 5.48. The van der Waals surface area contributed by atoms with E-state index in [1.807, 2.05) is 9.58 Å². The quantitative estimate of drug-likeness (QED) is 0.623. The lowest BCUT2D eigenvalue weighted by atomic mass is 10.0. The number of methoxy groups -OCH3 is 1. The van der Waals surface area contributed by atoms with E-state index in [0.29, 0.717) is 31.1 Å². The zero-order valence-corrected chi connectivity index (χ0v) is 18.0. The standard InChI is InChI=1S/C22H22FN5O2S/c1-30-15-5-4-14(17(23)8-15)9-27-12-28-20(24-11-25-28)19-16-6-7-26(21(29)13-2-3-13)10-18(16)31-22(19)27/h4-5,8,11,13H,2-3,6-7,9-10,12H2,1H3. The van der Waals surface area contributed by atoms with Gasteiger partial charge in [0.05, 0.1) is 19.2 Å². The largest absolute Gasteiger partial charge is 0.497 e. The molecule has 3 aromatic rings. The first-order valence-electron chi connectivity index (χ1n) is 10.5. The van der Waals surface area contributed by atoms with Crippen molar-refractivity contribution in [1.29, 1.82) is 0 Å². The molecule has 7 nitrogen and oxygen atoms in total. The lowest BCUT2D eigenvalue weighted by molar-refractivity contribution is -0.133. The number of thiophene rings is 1. The average molecular weight is 440 g/mol. The number of carbonyl (C=O) groups is 1. The van der Waals surface area contributed by atoms with E-state index in [2.05, 4.69) is 15.0 Å². The number of rotatable bonds is 4. The fourth-order valence-corrected chi connectivity index (χ4v) is 5.87. The van der Waals surface area contributed by atoms with E-state index in [1.165, 1.54) is 23.6 Å². The van der Waals surface area contributed by atoms with Gasteiger partial charge in [-0.25, -0.2) is 14.1 Å². The Hall–Kier alpha value is -2.94. The number of amides is 1. The van der Waals surface area contributed by atoms with Crippen LogP contribution in [0.3, 0.4) is 0 Å². The van der Waals surface area contributed by atoms with Crippen LogP contribution in [0.1, 0.15) is 28.8 Å². The van der Waals surface area contributed by atoms with Crippen LogP contribution < -0.4 is 9.64 Å². The molecule has 9 heteroatoms. The van der Waals surface area contributed by atoms with Crippen LogP contribution in [0.5, 0.6) is 5.75 Å². The van der Waals surface area contributed by atoms with E-state index in [4.69, 9.17) is 4.74 Å². The Morgan fingerprint density at radius 3 is 3.00 bits per heavy atom. The molecule has 0 spiro atoms. The summed E-state index contributed by atoms with van der Waals surface area (Å²) in [4.78, 5) is 22.5. The maximum absolute atomic E-state index is 14.7. The number of anilines is 1. The molecule has 160 valence electrons. The molecule has 1 aliphatic carbocycles. The van der Waals surface area contributed by atoms with Gasteiger partial charge in [0.25, 0.3) is 0 Å². The van der Waals surface area contributed by atoms with Crippen LogP contribution in [0.4, 0.5) is 9.39 Å². The summed E-state index contributed by atoms with van der Waals surface area (Å²) in [6.45, 7) is 2.33. The molecule has 0 bridgehead atoms. The first-order chi connectivity index (χ1) is 15.1. The third-order valence-corrected chi connectivity index (χ3v) is 7.61. The van der Waals surface area contributed by atoms with Gasteiger partial charge in [0, 0.05) is 35.5 Å². The number of ether oxygens (including phenoxy) is 1. The Morgan fingerprint density at radius 1 is 1.35 bits per heavy atom. The van der Waals surface area contributed by atoms with Gasteiger partial charge in [-0.05, 0) is 30.9 Å². The minimum Gasteiger partial charge on any atom is -0.497 e. The van der Waals surface area contributed by atoms with Crippen LogP contribution in [-0.2, 0) is 31.0 Å². The Balaban J connectivity index is 1.36. The van der Waals surface area contributed by atoms with Crippen LogP contribution in [0.15, 0.2) is 24.5 Å². The number of halogens is 1. The van der Waals surface area contributed by atoms with E-state index in [-0.39, 0.29) is 17.6 Å². The molecule has 1 saturated carbocycles. The smallest absolute Gasteiger partial charge is 0.226 e. The molecule has 0 unspecified atom stereocenters. The minimum atomic E-state index is -0.284. The molecular weight excluding hydrogens is 417 g/mol. The molecule has 3 aliphatic rings. The Kier molecular flexibility index (Phi) is 4.27. The topological polar surface area (TPSA) is 63.5 Å². The molecule has 0 atom stereocenters. The van der Waals surface area contributed by atoms with Crippen molar-refractivity contribution < 1.29 is 13.9 Å². The highest BCUT2D eigenvalue weighted by Gasteiger charge is 2.38. The number of carbonyl (C=O) groups excluding carboxylic acids is 1. The highest BCUT2D eigenvalue weighted by molar-refractivity contribution is 7.17. The molecule has 0 saturated heterocycles. The molecule has 1 amide bonds. The number of benzene rings is 1. The first kappa shape index (κ1) is 18.8. The van der Waals surface area contributed by atoms with E-state index in [1.54, 1.807) is 29.8 Å². The number of nitrogens with zero attached hydrogens (tertiary/aromatic N) is 5. The maximum Gasteiger partial charge on any atom is 0.226 e. The van der Waals surface area contributed by atoms with E-state index in [0.717, 1.165) is 42.2 Å². The van der Waals surface area contributed by atoms with Gasteiger partial charge < -0.3 is 14.5 Å². The molecule has 2 aromatic heterocycles. The highest BCUT2D eigenvalue weighted by atomic mass is 32.1. The molecule has 0 N–H and O–H groups in total. The van der Waals surface area contributed by atoms with Crippen molar-refractivity contribution in [3.63, 3.8) is 0 Å². The molecule has 2 aliphatic heterocycles. The average Bonchev–Trinajstić information content (AvgIpc) is 3.40. The second-order valence-electron chi connectivity index (χ2n) is 8.35. The lowest BCUT2D eigenvalue weighted by Gasteiger charge is -2.30. The highest BCUT2D eigenvalue weighted by Crippen LogP contribution is 2.48. The van der Waals surface area contributed by atoms with Crippen molar-refractivity contribution in [2.24, 2.45) is 5.92 Å². The fraction of sp³-hybridized carbons (Fsp3) is 0.409. The fourth-order valence-electron chi connectivity index (χ4n) is 4.52. The number of hydrogen-bond donors (Lipinski definition) is 0. The van der Waals surface area contributed by atoms with Crippen LogP contribution >= 0.6 is 11.3 Å². The monoisotopic (exact) mass is 439 g/mol. The Morgan fingerprint density at radius 2 is 2.23 bits per heavy atom.